The molecule has 0 atom stereocenters. The largest absolute Gasteiger partial charge is 0.493 e. The highest BCUT2D eigenvalue weighted by atomic mass is 16.5. The molecule has 0 spiro atoms. The molecular formula is C23H27NO4. The fourth-order valence-corrected chi connectivity index (χ4v) is 3.42. The van der Waals surface area contributed by atoms with E-state index in [-0.39, 0.29) is 5.57 Å². The van der Waals surface area contributed by atoms with Crippen molar-refractivity contribution < 1.29 is 19.4 Å². The standard InChI is InChI=1S/C23H27NO4/c1-27-21-11-10-18(16-20(23(25)26)19-8-4-2-5-9-19)17-22(21)28-15-14-24-12-6-3-7-13-24/h2,4-5,8-11,16-17H,3,6-7,12-15H2,1H3,(H,25,26)/b20-16-. The van der Waals surface area contributed by atoms with Gasteiger partial charge in [0, 0.05) is 6.54 Å². The third-order valence-corrected chi connectivity index (χ3v) is 4.93. The number of ether oxygens (including phenoxy) is 2. The molecule has 148 valence electrons. The molecule has 1 saturated heterocycles. The lowest BCUT2D eigenvalue weighted by molar-refractivity contribution is -0.130. The minimum Gasteiger partial charge on any atom is -0.493 e. The average Bonchev–Trinajstić information content (AvgIpc) is 2.73. The molecule has 5 nitrogen and oxygen atoms in total. The molecule has 1 N–H and O–H groups in total. The van der Waals surface area contributed by atoms with Crippen molar-refractivity contribution in [1.82, 2.24) is 4.90 Å². The Morgan fingerprint density at radius 2 is 1.82 bits per heavy atom. The number of likely N-dealkylation sites (tertiary alicyclic amines) is 1. The fraction of sp³-hybridized carbons (Fsp3) is 0.348. The van der Waals surface area contributed by atoms with Crippen molar-refractivity contribution in [2.75, 3.05) is 33.4 Å². The molecule has 28 heavy (non-hydrogen) atoms. The zero-order chi connectivity index (χ0) is 19.8. The van der Waals surface area contributed by atoms with Gasteiger partial charge in [-0.1, -0.05) is 42.8 Å². The molecule has 1 heterocycles. The summed E-state index contributed by atoms with van der Waals surface area (Å²) in [5.41, 5.74) is 1.67. The summed E-state index contributed by atoms with van der Waals surface area (Å²) < 4.78 is 11.4. The predicted molar refractivity (Wildman–Crippen MR) is 111 cm³/mol. The number of benzene rings is 2. The van der Waals surface area contributed by atoms with Crippen LogP contribution in [-0.4, -0.2) is 49.3 Å². The Hall–Kier alpha value is -2.79. The van der Waals surface area contributed by atoms with Crippen LogP contribution in [0.5, 0.6) is 11.5 Å². The number of carboxylic acids is 1. The van der Waals surface area contributed by atoms with Crippen LogP contribution >= 0.6 is 0 Å². The van der Waals surface area contributed by atoms with Gasteiger partial charge in [0.05, 0.1) is 12.7 Å². The molecule has 1 aliphatic rings. The zero-order valence-corrected chi connectivity index (χ0v) is 16.3. The number of rotatable bonds is 8. The molecule has 3 rings (SSSR count). The van der Waals surface area contributed by atoms with Gasteiger partial charge >= 0.3 is 5.97 Å². The number of nitrogens with zero attached hydrogens (tertiary/aromatic N) is 1. The minimum atomic E-state index is -0.963. The molecule has 0 saturated carbocycles. The first kappa shape index (κ1) is 20.0. The molecule has 0 aliphatic carbocycles. The molecule has 0 unspecified atom stereocenters. The van der Waals surface area contributed by atoms with Crippen LogP contribution < -0.4 is 9.47 Å². The summed E-state index contributed by atoms with van der Waals surface area (Å²) in [6.07, 6.45) is 5.48. The lowest BCUT2D eigenvalue weighted by Crippen LogP contribution is -2.33. The monoisotopic (exact) mass is 381 g/mol. The number of carboxylic acid groups (broad SMARTS) is 1. The molecule has 2 aromatic rings. The van der Waals surface area contributed by atoms with Crippen LogP contribution in [0.4, 0.5) is 0 Å². The van der Waals surface area contributed by atoms with E-state index in [4.69, 9.17) is 9.47 Å². The zero-order valence-electron chi connectivity index (χ0n) is 16.3. The number of hydrogen-bond donors (Lipinski definition) is 1. The van der Waals surface area contributed by atoms with Gasteiger partial charge in [-0.15, -0.1) is 0 Å². The molecule has 1 aliphatic heterocycles. The van der Waals surface area contributed by atoms with Gasteiger partial charge < -0.3 is 14.6 Å². The lowest BCUT2D eigenvalue weighted by atomic mass is 10.0. The van der Waals surface area contributed by atoms with Crippen LogP contribution in [0.2, 0.25) is 0 Å². The Kier molecular flexibility index (Phi) is 7.09. The van der Waals surface area contributed by atoms with E-state index in [1.807, 2.05) is 36.4 Å². The summed E-state index contributed by atoms with van der Waals surface area (Å²) in [6.45, 7) is 3.71. The third-order valence-electron chi connectivity index (χ3n) is 4.93. The van der Waals surface area contributed by atoms with Crippen LogP contribution in [0.25, 0.3) is 11.6 Å². The van der Waals surface area contributed by atoms with Crippen molar-refractivity contribution in [1.29, 1.82) is 0 Å². The predicted octanol–water partition coefficient (Wildman–Crippen LogP) is 4.19. The minimum absolute atomic E-state index is 0.241. The second-order valence-corrected chi connectivity index (χ2v) is 6.89. The number of hydrogen-bond acceptors (Lipinski definition) is 4. The fourth-order valence-electron chi connectivity index (χ4n) is 3.42. The number of methoxy groups -OCH3 is 1. The van der Waals surface area contributed by atoms with E-state index in [9.17, 15) is 9.90 Å². The molecule has 0 radical (unpaired) electrons. The first-order valence-corrected chi connectivity index (χ1v) is 9.71. The first-order valence-electron chi connectivity index (χ1n) is 9.71. The van der Waals surface area contributed by atoms with E-state index >= 15 is 0 Å². The normalized spacial score (nSPS) is 15.2. The van der Waals surface area contributed by atoms with E-state index in [0.29, 0.717) is 23.7 Å². The van der Waals surface area contributed by atoms with Gasteiger partial charge in [-0.2, -0.15) is 0 Å². The second-order valence-electron chi connectivity index (χ2n) is 6.89. The average molecular weight is 381 g/mol. The second kappa shape index (κ2) is 9.95. The SMILES string of the molecule is COc1ccc(/C=C(\C(=O)O)c2ccccc2)cc1OCCN1CCCCC1. The molecule has 0 aromatic heterocycles. The van der Waals surface area contributed by atoms with E-state index in [1.54, 1.807) is 25.3 Å². The highest BCUT2D eigenvalue weighted by Gasteiger charge is 2.13. The van der Waals surface area contributed by atoms with Crippen molar-refractivity contribution in [2.24, 2.45) is 0 Å². The van der Waals surface area contributed by atoms with Crippen LogP contribution in [0, 0.1) is 0 Å². The van der Waals surface area contributed by atoms with Gasteiger partial charge in [0.1, 0.15) is 6.61 Å². The van der Waals surface area contributed by atoms with Crippen LogP contribution in [0.1, 0.15) is 30.4 Å². The van der Waals surface area contributed by atoms with Crippen LogP contribution in [-0.2, 0) is 4.79 Å². The molecule has 1 fully saturated rings. The Labute approximate surface area is 166 Å². The van der Waals surface area contributed by atoms with Gasteiger partial charge in [-0.3, -0.25) is 4.90 Å². The Bertz CT molecular complexity index is 811. The van der Waals surface area contributed by atoms with Crippen molar-refractivity contribution in [2.45, 2.75) is 19.3 Å². The maximum absolute atomic E-state index is 11.7. The highest BCUT2D eigenvalue weighted by molar-refractivity contribution is 6.20. The van der Waals surface area contributed by atoms with Crippen LogP contribution in [0.15, 0.2) is 48.5 Å². The summed E-state index contributed by atoms with van der Waals surface area (Å²) in [5.74, 6) is 0.313. The Morgan fingerprint density at radius 3 is 2.50 bits per heavy atom. The van der Waals surface area contributed by atoms with Crippen LogP contribution in [0.3, 0.4) is 0 Å². The Balaban J connectivity index is 1.76. The van der Waals surface area contributed by atoms with Crippen molar-refractivity contribution >= 4 is 17.6 Å². The summed E-state index contributed by atoms with van der Waals surface area (Å²) >= 11 is 0. The lowest BCUT2D eigenvalue weighted by Gasteiger charge is -2.26. The Morgan fingerprint density at radius 1 is 1.07 bits per heavy atom. The van der Waals surface area contributed by atoms with Crippen molar-refractivity contribution in [3.05, 3.63) is 59.7 Å². The van der Waals surface area contributed by atoms with E-state index in [2.05, 4.69) is 4.90 Å². The maximum atomic E-state index is 11.7. The van der Waals surface area contributed by atoms with E-state index < -0.39 is 5.97 Å². The summed E-state index contributed by atoms with van der Waals surface area (Å²) in [4.78, 5) is 14.1. The van der Waals surface area contributed by atoms with Crippen molar-refractivity contribution in [3.8, 4) is 11.5 Å². The highest BCUT2D eigenvalue weighted by Crippen LogP contribution is 2.30. The summed E-state index contributed by atoms with van der Waals surface area (Å²) in [6, 6.07) is 14.6. The van der Waals surface area contributed by atoms with E-state index in [0.717, 1.165) is 25.2 Å². The van der Waals surface area contributed by atoms with E-state index in [1.165, 1.54) is 19.3 Å². The molecule has 0 amide bonds. The molecular weight excluding hydrogens is 354 g/mol. The maximum Gasteiger partial charge on any atom is 0.336 e. The third kappa shape index (κ3) is 5.36. The van der Waals surface area contributed by atoms with Gasteiger partial charge in [0.15, 0.2) is 11.5 Å². The summed E-state index contributed by atoms with van der Waals surface area (Å²) in [5, 5.41) is 9.61. The smallest absolute Gasteiger partial charge is 0.336 e. The number of carbonyl (C=O) groups is 1. The molecule has 2 aromatic carbocycles. The van der Waals surface area contributed by atoms with Gasteiger partial charge in [-0.05, 0) is 55.3 Å². The molecule has 5 heteroatoms. The number of aliphatic carboxylic acids is 1. The van der Waals surface area contributed by atoms with Gasteiger partial charge in [-0.25, -0.2) is 4.79 Å². The number of piperidine rings is 1. The molecule has 0 bridgehead atoms. The van der Waals surface area contributed by atoms with Gasteiger partial charge in [0.2, 0.25) is 0 Å². The first-order chi connectivity index (χ1) is 13.7. The topological polar surface area (TPSA) is 59.0 Å². The van der Waals surface area contributed by atoms with Crippen molar-refractivity contribution in [3.63, 3.8) is 0 Å². The summed E-state index contributed by atoms with van der Waals surface area (Å²) in [7, 11) is 1.61. The van der Waals surface area contributed by atoms with Gasteiger partial charge in [0.25, 0.3) is 0 Å². The quantitative estimate of drug-likeness (QED) is 0.549.